The zero-order valence-electron chi connectivity index (χ0n) is 13.1. The lowest BCUT2D eigenvalue weighted by Crippen LogP contribution is -2.49. The summed E-state index contributed by atoms with van der Waals surface area (Å²) in [5, 5.41) is 8.96. The zero-order chi connectivity index (χ0) is 15.5. The second-order valence-electron chi connectivity index (χ2n) is 6.11. The van der Waals surface area contributed by atoms with Gasteiger partial charge in [-0.2, -0.15) is 0 Å². The third kappa shape index (κ3) is 3.25. The second-order valence-corrected chi connectivity index (χ2v) is 6.11. The molecule has 1 saturated heterocycles. The van der Waals surface area contributed by atoms with Crippen LogP contribution in [-0.2, 0) is 4.79 Å². The molecule has 5 heteroatoms. The summed E-state index contributed by atoms with van der Waals surface area (Å²) in [6.07, 6.45) is 0.960. The Balaban J connectivity index is 1.52. The van der Waals surface area contributed by atoms with Crippen LogP contribution in [0.3, 0.4) is 0 Å². The monoisotopic (exact) mass is 304 g/mol. The summed E-state index contributed by atoms with van der Waals surface area (Å²) in [6, 6.07) is 8.05. The van der Waals surface area contributed by atoms with E-state index in [-0.39, 0.29) is 12.5 Å². The van der Waals surface area contributed by atoms with Crippen LogP contribution in [0, 0.1) is 5.92 Å². The van der Waals surface area contributed by atoms with E-state index in [2.05, 4.69) is 17.0 Å². The summed E-state index contributed by atoms with van der Waals surface area (Å²) in [5.41, 5.74) is 1.23. The summed E-state index contributed by atoms with van der Waals surface area (Å²) in [4.78, 5) is 16.8. The topological polar surface area (TPSA) is 53.0 Å². The van der Waals surface area contributed by atoms with Crippen LogP contribution in [0.2, 0.25) is 0 Å². The van der Waals surface area contributed by atoms with Crippen molar-refractivity contribution in [1.29, 1.82) is 0 Å². The first-order chi connectivity index (χ1) is 10.7. The molecule has 0 aromatic heterocycles. The number of carbonyl (C=O) groups excluding carboxylic acids is 1. The molecular formula is C17H24N2O3. The van der Waals surface area contributed by atoms with E-state index in [0.717, 1.165) is 38.3 Å². The molecule has 1 aromatic carbocycles. The van der Waals surface area contributed by atoms with Crippen molar-refractivity contribution < 1.29 is 14.6 Å². The number of carbonyl (C=O) groups is 1. The highest BCUT2D eigenvalue weighted by Gasteiger charge is 2.46. The van der Waals surface area contributed by atoms with Gasteiger partial charge in [-0.3, -0.25) is 9.69 Å². The molecule has 2 atom stereocenters. The fourth-order valence-electron chi connectivity index (χ4n) is 3.26. The van der Waals surface area contributed by atoms with E-state index in [1.807, 2.05) is 17.0 Å². The lowest BCUT2D eigenvalue weighted by Gasteiger charge is -2.34. The molecule has 22 heavy (non-hydrogen) atoms. The maximum Gasteiger partial charge on any atom is 0.226 e. The van der Waals surface area contributed by atoms with Gasteiger partial charge in [0, 0.05) is 38.6 Å². The minimum Gasteiger partial charge on any atom is -0.497 e. The van der Waals surface area contributed by atoms with E-state index in [1.165, 1.54) is 5.56 Å². The van der Waals surface area contributed by atoms with Crippen molar-refractivity contribution in [3.63, 3.8) is 0 Å². The molecule has 1 aliphatic carbocycles. The minimum absolute atomic E-state index is 0.151. The molecule has 1 aromatic rings. The molecule has 0 spiro atoms. The Bertz CT molecular complexity index is 509. The highest BCUT2D eigenvalue weighted by molar-refractivity contribution is 5.83. The van der Waals surface area contributed by atoms with Gasteiger partial charge >= 0.3 is 0 Å². The van der Waals surface area contributed by atoms with Gasteiger partial charge in [0.05, 0.1) is 13.7 Å². The maximum absolute atomic E-state index is 12.6. The Labute approximate surface area is 131 Å². The van der Waals surface area contributed by atoms with Crippen molar-refractivity contribution in [2.24, 2.45) is 5.92 Å². The normalized spacial score (nSPS) is 25.1. The number of amides is 1. The van der Waals surface area contributed by atoms with Gasteiger partial charge in [-0.1, -0.05) is 12.1 Å². The predicted molar refractivity (Wildman–Crippen MR) is 83.9 cm³/mol. The van der Waals surface area contributed by atoms with Gasteiger partial charge in [0.2, 0.25) is 5.91 Å². The Morgan fingerprint density at radius 2 is 1.91 bits per heavy atom. The summed E-state index contributed by atoms with van der Waals surface area (Å²) in [7, 11) is 1.66. The van der Waals surface area contributed by atoms with Gasteiger partial charge in [-0.25, -0.2) is 0 Å². The van der Waals surface area contributed by atoms with Crippen molar-refractivity contribution in [2.75, 3.05) is 46.4 Å². The van der Waals surface area contributed by atoms with Gasteiger partial charge in [-0.05, 0) is 30.0 Å². The Kier molecular flexibility index (Phi) is 4.64. The predicted octanol–water partition coefficient (Wildman–Crippen LogP) is 0.935. The molecule has 5 nitrogen and oxygen atoms in total. The minimum atomic E-state index is 0.151. The lowest BCUT2D eigenvalue weighted by molar-refractivity contribution is -0.134. The number of ether oxygens (including phenoxy) is 1. The third-order valence-electron chi connectivity index (χ3n) is 4.75. The molecule has 1 saturated carbocycles. The highest BCUT2D eigenvalue weighted by atomic mass is 16.5. The van der Waals surface area contributed by atoms with Gasteiger partial charge in [-0.15, -0.1) is 0 Å². The summed E-state index contributed by atoms with van der Waals surface area (Å²) in [5.74, 6) is 1.67. The van der Waals surface area contributed by atoms with E-state index in [4.69, 9.17) is 9.84 Å². The maximum atomic E-state index is 12.6. The lowest BCUT2D eigenvalue weighted by atomic mass is 10.1. The van der Waals surface area contributed by atoms with Crippen molar-refractivity contribution in [2.45, 2.75) is 12.3 Å². The fourth-order valence-corrected chi connectivity index (χ4v) is 3.26. The number of methoxy groups -OCH3 is 1. The average Bonchev–Trinajstić information content (AvgIpc) is 3.36. The number of piperazine rings is 1. The van der Waals surface area contributed by atoms with Crippen LogP contribution in [0.25, 0.3) is 0 Å². The standard InChI is InChI=1S/C17H24N2O3/c1-22-14-4-2-13(3-5-14)15-12-16(15)17(21)19-8-6-18(7-9-19)10-11-20/h2-5,15-16,20H,6-12H2,1H3/t15-,16-/m0/s1. The first-order valence-electron chi connectivity index (χ1n) is 7.99. The second kappa shape index (κ2) is 6.67. The molecule has 1 aliphatic heterocycles. The number of aliphatic hydroxyl groups excluding tert-OH is 1. The van der Waals surface area contributed by atoms with Gasteiger partial charge in [0.1, 0.15) is 5.75 Å². The molecule has 0 bridgehead atoms. The van der Waals surface area contributed by atoms with Crippen LogP contribution in [0.4, 0.5) is 0 Å². The third-order valence-corrected chi connectivity index (χ3v) is 4.75. The molecule has 1 N–H and O–H groups in total. The molecule has 0 radical (unpaired) electrons. The number of hydrogen-bond donors (Lipinski definition) is 1. The van der Waals surface area contributed by atoms with Crippen molar-refractivity contribution in [3.05, 3.63) is 29.8 Å². The highest BCUT2D eigenvalue weighted by Crippen LogP contribution is 2.48. The Hall–Kier alpha value is -1.59. The number of benzene rings is 1. The zero-order valence-corrected chi connectivity index (χ0v) is 13.1. The molecule has 3 rings (SSSR count). The smallest absolute Gasteiger partial charge is 0.226 e. The molecule has 1 heterocycles. The summed E-state index contributed by atoms with van der Waals surface area (Å²) in [6.45, 7) is 4.20. The summed E-state index contributed by atoms with van der Waals surface area (Å²) >= 11 is 0. The molecule has 1 amide bonds. The largest absolute Gasteiger partial charge is 0.497 e. The number of nitrogens with zero attached hydrogens (tertiary/aromatic N) is 2. The fraction of sp³-hybridized carbons (Fsp3) is 0.588. The van der Waals surface area contributed by atoms with E-state index in [0.29, 0.717) is 18.4 Å². The number of rotatable bonds is 5. The SMILES string of the molecule is COc1ccc([C@@H]2C[C@@H]2C(=O)N2CCN(CCO)CC2)cc1. The van der Waals surface area contributed by atoms with Crippen molar-refractivity contribution in [1.82, 2.24) is 9.80 Å². The molecular weight excluding hydrogens is 280 g/mol. The van der Waals surface area contributed by atoms with Gasteiger partial charge in [0.25, 0.3) is 0 Å². The number of aliphatic hydroxyl groups is 1. The van der Waals surface area contributed by atoms with Crippen molar-refractivity contribution in [3.8, 4) is 5.75 Å². The van der Waals surface area contributed by atoms with E-state index >= 15 is 0 Å². The number of β-amino-alcohol motifs (C(OH)–C–C–N with tert-alkyl or cyclic N) is 1. The molecule has 2 fully saturated rings. The molecule has 120 valence electrons. The van der Waals surface area contributed by atoms with E-state index < -0.39 is 0 Å². The Morgan fingerprint density at radius 1 is 1.23 bits per heavy atom. The average molecular weight is 304 g/mol. The first-order valence-corrected chi connectivity index (χ1v) is 7.99. The number of hydrogen-bond acceptors (Lipinski definition) is 4. The van der Waals surface area contributed by atoms with Crippen LogP contribution in [-0.4, -0.2) is 67.3 Å². The van der Waals surface area contributed by atoms with Crippen LogP contribution >= 0.6 is 0 Å². The van der Waals surface area contributed by atoms with Gasteiger partial charge in [0.15, 0.2) is 0 Å². The summed E-state index contributed by atoms with van der Waals surface area (Å²) < 4.78 is 5.17. The first kappa shape index (κ1) is 15.3. The molecule has 2 aliphatic rings. The van der Waals surface area contributed by atoms with Crippen LogP contribution < -0.4 is 4.74 Å². The van der Waals surface area contributed by atoms with Crippen LogP contribution in [0.5, 0.6) is 5.75 Å². The van der Waals surface area contributed by atoms with E-state index in [1.54, 1.807) is 7.11 Å². The van der Waals surface area contributed by atoms with Crippen LogP contribution in [0.1, 0.15) is 17.9 Å². The van der Waals surface area contributed by atoms with Crippen LogP contribution in [0.15, 0.2) is 24.3 Å². The van der Waals surface area contributed by atoms with Gasteiger partial charge < -0.3 is 14.7 Å². The Morgan fingerprint density at radius 3 is 2.50 bits per heavy atom. The van der Waals surface area contributed by atoms with Crippen molar-refractivity contribution >= 4 is 5.91 Å². The quantitative estimate of drug-likeness (QED) is 0.879. The molecule has 0 unspecified atom stereocenters. The van der Waals surface area contributed by atoms with E-state index in [9.17, 15) is 4.79 Å².